The molecule has 2 aliphatic carbocycles. The molecule has 2 saturated carbocycles. The molecule has 0 radical (unpaired) electrons. The summed E-state index contributed by atoms with van der Waals surface area (Å²) in [6, 6.07) is 0.132. The number of nitrogens with one attached hydrogen (secondary N) is 2. The van der Waals surface area contributed by atoms with Gasteiger partial charge in [0.05, 0.1) is 0 Å². The van der Waals surface area contributed by atoms with Gasteiger partial charge in [-0.05, 0) is 83.5 Å². The molecule has 0 atom stereocenters. The molecule has 10 nitrogen and oxygen atoms in total. The van der Waals surface area contributed by atoms with E-state index >= 15 is 0 Å². The zero-order valence-corrected chi connectivity index (χ0v) is 20.8. The normalized spacial score (nSPS) is 21.4. The topological polar surface area (TPSA) is 129 Å². The number of esters is 2. The van der Waals surface area contributed by atoms with Gasteiger partial charge in [-0.2, -0.15) is 0 Å². The van der Waals surface area contributed by atoms with Crippen LogP contribution in [0, 0.1) is 11.8 Å². The van der Waals surface area contributed by atoms with Crippen molar-refractivity contribution in [2.24, 2.45) is 11.8 Å². The summed E-state index contributed by atoms with van der Waals surface area (Å²) >= 11 is 0. The van der Waals surface area contributed by atoms with Gasteiger partial charge in [0, 0.05) is 23.2 Å². The highest BCUT2D eigenvalue weighted by atomic mass is 16.7. The quantitative estimate of drug-likeness (QED) is 0.173. The van der Waals surface area contributed by atoms with Crippen molar-refractivity contribution < 1.29 is 38.1 Å². The number of rotatable bonds is 10. The van der Waals surface area contributed by atoms with Gasteiger partial charge in [-0.1, -0.05) is 42.9 Å². The van der Waals surface area contributed by atoms with Gasteiger partial charge in [0.15, 0.2) is 0 Å². The van der Waals surface area contributed by atoms with Crippen molar-refractivity contribution >= 4 is 24.1 Å². The van der Waals surface area contributed by atoms with Crippen molar-refractivity contribution in [2.75, 3.05) is 13.6 Å². The molecule has 0 spiro atoms. The Hall–Kier alpha value is -3.04. The van der Waals surface area contributed by atoms with Crippen LogP contribution in [0.5, 0.6) is 0 Å². The van der Waals surface area contributed by atoms with E-state index in [4.69, 9.17) is 18.9 Å². The van der Waals surface area contributed by atoms with E-state index in [-0.39, 0.29) is 52.9 Å². The molecule has 0 unspecified atom stereocenters. The molecule has 2 amide bonds. The summed E-state index contributed by atoms with van der Waals surface area (Å²) in [5, 5.41) is 5.67. The van der Waals surface area contributed by atoms with Crippen LogP contribution in [-0.2, 0) is 28.5 Å². The first-order chi connectivity index (χ1) is 16.6. The predicted octanol–water partition coefficient (Wildman–Crippen LogP) is 6.64. The Morgan fingerprint density at radius 2 is 0.897 bits per heavy atom. The molecule has 10 heteroatoms. The van der Waals surface area contributed by atoms with E-state index in [1.165, 1.54) is 13.8 Å². The number of carbonyl (C=O) groups is 4. The first kappa shape index (κ1) is 40.5. The zero-order valence-electron chi connectivity index (χ0n) is 20.8. The Morgan fingerprint density at radius 1 is 0.590 bits per heavy atom. The van der Waals surface area contributed by atoms with Crippen molar-refractivity contribution in [2.45, 2.75) is 113 Å². The van der Waals surface area contributed by atoms with Crippen LogP contribution in [0.3, 0.4) is 0 Å². The molecular weight excluding hydrogens is 504 g/mol. The number of amides is 2. The molecule has 2 fully saturated rings. The van der Waals surface area contributed by atoms with E-state index in [1.54, 1.807) is 0 Å². The Balaban J connectivity index is -0.00000324. The second kappa shape index (κ2) is 20.9. The van der Waals surface area contributed by atoms with Crippen LogP contribution < -0.4 is 10.6 Å². The molecule has 228 valence electrons. The van der Waals surface area contributed by atoms with Gasteiger partial charge in [-0.25, -0.2) is 19.2 Å². The largest absolute Gasteiger partial charge is 0.424 e. The summed E-state index contributed by atoms with van der Waals surface area (Å²) in [4.78, 5) is 46.3. The highest BCUT2D eigenvalue weighted by Crippen LogP contribution is 2.35. The molecule has 39 heavy (non-hydrogen) atoms. The number of hydrogen-bond acceptors (Lipinski definition) is 8. The number of alkyl carbamates (subject to hydrolysis) is 2. The van der Waals surface area contributed by atoms with E-state index in [0.29, 0.717) is 11.8 Å². The molecule has 0 aromatic carbocycles. The Kier molecular flexibility index (Phi) is 21.6. The minimum Gasteiger partial charge on any atom is -0.424 e. The summed E-state index contributed by atoms with van der Waals surface area (Å²) in [5.41, 5.74) is 0.497. The molecule has 2 rings (SSSR count). The fraction of sp³-hybridized carbons (Fsp3) is 0.724. The zero-order chi connectivity index (χ0) is 25.8. The van der Waals surface area contributed by atoms with Gasteiger partial charge in [0.25, 0.3) is 0 Å². The summed E-state index contributed by atoms with van der Waals surface area (Å²) in [6.45, 7) is 9.11. The lowest BCUT2D eigenvalue weighted by Crippen LogP contribution is -2.39. The molecule has 0 aromatic heterocycles. The lowest BCUT2D eigenvalue weighted by Gasteiger charge is -2.34. The van der Waals surface area contributed by atoms with Crippen molar-refractivity contribution in [3.63, 3.8) is 0 Å². The average molecular weight is 559 g/mol. The van der Waals surface area contributed by atoms with Gasteiger partial charge < -0.3 is 29.6 Å². The Labute approximate surface area is 236 Å². The smallest absolute Gasteiger partial charge is 0.410 e. The molecule has 0 heterocycles. The van der Waals surface area contributed by atoms with Crippen molar-refractivity contribution in [1.29, 1.82) is 0 Å². The van der Waals surface area contributed by atoms with Crippen molar-refractivity contribution in [3.05, 3.63) is 24.3 Å². The van der Waals surface area contributed by atoms with Gasteiger partial charge in [-0.15, -0.1) is 0 Å². The van der Waals surface area contributed by atoms with E-state index in [2.05, 4.69) is 23.8 Å². The molecule has 2 N–H and O–H groups in total. The standard InChI is InChI=1S/C25H38N2O8.4CH4/c1-16(2)22(28)32-14-34-24(30)26-20-9-5-18(6-10-20)13-19-7-11-21(12-8-19)27-25(31)35-15-33-23(29)17(3)4;;;;/h18-21H,1,3,5-15H2,2,4H3,(H,26,30)(H,27,31);4*1H4. The van der Waals surface area contributed by atoms with E-state index in [9.17, 15) is 19.2 Å². The maximum atomic E-state index is 11.9. The van der Waals surface area contributed by atoms with Crippen molar-refractivity contribution in [3.8, 4) is 0 Å². The van der Waals surface area contributed by atoms with E-state index in [1.807, 2.05) is 0 Å². The second-order valence-electron chi connectivity index (χ2n) is 9.48. The number of carbonyl (C=O) groups excluding carboxylic acids is 4. The molecule has 0 aromatic rings. The third-order valence-corrected chi connectivity index (χ3v) is 6.46. The van der Waals surface area contributed by atoms with Crippen LogP contribution >= 0.6 is 0 Å². The summed E-state index contributed by atoms with van der Waals surface area (Å²) in [5.74, 6) is 0.0699. The molecule has 0 aliphatic heterocycles. The van der Waals surface area contributed by atoms with Crippen LogP contribution in [0.4, 0.5) is 9.59 Å². The molecule has 0 bridgehead atoms. The highest BCUT2D eigenvalue weighted by molar-refractivity contribution is 5.87. The van der Waals surface area contributed by atoms with Crippen LogP contribution in [0.1, 0.15) is 101 Å². The number of hydrogen-bond donors (Lipinski definition) is 2. The van der Waals surface area contributed by atoms with E-state index < -0.39 is 37.7 Å². The van der Waals surface area contributed by atoms with Crippen LogP contribution in [0.15, 0.2) is 24.3 Å². The lowest BCUT2D eigenvalue weighted by molar-refractivity contribution is -0.148. The number of ether oxygens (including phenoxy) is 4. The average Bonchev–Trinajstić information content (AvgIpc) is 2.81. The van der Waals surface area contributed by atoms with Crippen LogP contribution in [-0.4, -0.2) is 49.8 Å². The fourth-order valence-electron chi connectivity index (χ4n) is 4.49. The monoisotopic (exact) mass is 558 g/mol. The Morgan fingerprint density at radius 3 is 1.18 bits per heavy atom. The molecule has 2 aliphatic rings. The maximum absolute atomic E-state index is 11.9. The molecular formula is C29H54N2O8. The van der Waals surface area contributed by atoms with Crippen LogP contribution in [0.25, 0.3) is 0 Å². The van der Waals surface area contributed by atoms with Gasteiger partial charge in [-0.3, -0.25) is 0 Å². The Bertz CT molecular complexity index is 718. The predicted molar refractivity (Wildman–Crippen MR) is 154 cm³/mol. The summed E-state index contributed by atoms with van der Waals surface area (Å²) in [7, 11) is 0. The third-order valence-electron chi connectivity index (χ3n) is 6.46. The van der Waals surface area contributed by atoms with Gasteiger partial charge in [0.1, 0.15) is 0 Å². The second-order valence-corrected chi connectivity index (χ2v) is 9.48. The maximum Gasteiger partial charge on any atom is 0.410 e. The van der Waals surface area contributed by atoms with Crippen LogP contribution in [0.2, 0.25) is 0 Å². The first-order valence-electron chi connectivity index (χ1n) is 12.2. The minimum atomic E-state index is -0.593. The van der Waals surface area contributed by atoms with Gasteiger partial charge >= 0.3 is 24.1 Å². The summed E-state index contributed by atoms with van der Waals surface area (Å²) in [6.07, 6.45) is 7.74. The highest BCUT2D eigenvalue weighted by Gasteiger charge is 2.28. The first-order valence-corrected chi connectivity index (χ1v) is 12.2. The van der Waals surface area contributed by atoms with Gasteiger partial charge in [0.2, 0.25) is 13.6 Å². The molecule has 0 saturated heterocycles. The fourth-order valence-corrected chi connectivity index (χ4v) is 4.49. The summed E-state index contributed by atoms with van der Waals surface area (Å²) < 4.78 is 19.3. The lowest BCUT2D eigenvalue weighted by atomic mass is 9.76. The van der Waals surface area contributed by atoms with Crippen molar-refractivity contribution in [1.82, 2.24) is 10.6 Å². The SMILES string of the molecule is C.C.C.C.C=C(C)C(=O)OCOC(=O)NC1CCC(CC2CCC(NC(=O)OCOC(=O)C(=C)C)CC2)CC1. The van der Waals surface area contributed by atoms with E-state index in [0.717, 1.165) is 57.8 Å². The third kappa shape index (κ3) is 15.8. The minimum absolute atomic E-state index is 0.